The fraction of sp³-hybridized carbons (Fsp3) is 0.533. The van der Waals surface area contributed by atoms with Crippen molar-refractivity contribution in [1.29, 1.82) is 5.26 Å². The van der Waals surface area contributed by atoms with Crippen molar-refractivity contribution in [2.24, 2.45) is 0 Å². The first kappa shape index (κ1) is 15.7. The average Bonchev–Trinajstić information content (AvgIpc) is 2.49. The van der Waals surface area contributed by atoms with Gasteiger partial charge in [-0.3, -0.25) is 0 Å². The standard InChI is InChI=1S/C15H19F2N3O/c1-21-7-6-20-4-2-12(3-5-20)19-15-13(16)8-11(10-18)9-14(15)17/h8-9,12,19H,2-7H2,1H3. The van der Waals surface area contributed by atoms with Crippen LogP contribution in [0.5, 0.6) is 0 Å². The average molecular weight is 295 g/mol. The number of halogens is 2. The van der Waals surface area contributed by atoms with E-state index in [1.165, 1.54) is 0 Å². The number of anilines is 1. The Morgan fingerprint density at radius 1 is 1.33 bits per heavy atom. The minimum Gasteiger partial charge on any atom is -0.383 e. The van der Waals surface area contributed by atoms with Gasteiger partial charge in [0, 0.05) is 32.8 Å². The molecule has 6 heteroatoms. The van der Waals surface area contributed by atoms with Gasteiger partial charge < -0.3 is 15.0 Å². The second-order valence-electron chi connectivity index (χ2n) is 5.18. The number of nitrogens with zero attached hydrogens (tertiary/aromatic N) is 2. The van der Waals surface area contributed by atoms with Gasteiger partial charge in [-0.1, -0.05) is 0 Å². The number of nitriles is 1. The Kier molecular flexibility index (Phi) is 5.48. The number of ether oxygens (including phenoxy) is 1. The SMILES string of the molecule is COCCN1CCC(Nc2c(F)cc(C#N)cc2F)CC1. The maximum Gasteiger partial charge on any atom is 0.150 e. The molecule has 0 aliphatic carbocycles. The Labute approximate surface area is 123 Å². The molecule has 0 aromatic heterocycles. The highest BCUT2D eigenvalue weighted by atomic mass is 19.1. The lowest BCUT2D eigenvalue weighted by atomic mass is 10.0. The molecule has 0 radical (unpaired) electrons. The highest BCUT2D eigenvalue weighted by Crippen LogP contribution is 2.24. The molecule has 21 heavy (non-hydrogen) atoms. The molecule has 0 saturated carbocycles. The van der Waals surface area contributed by atoms with Crippen LogP contribution < -0.4 is 5.32 Å². The van der Waals surface area contributed by atoms with E-state index in [-0.39, 0.29) is 17.3 Å². The van der Waals surface area contributed by atoms with Crippen molar-refractivity contribution in [1.82, 2.24) is 4.90 Å². The van der Waals surface area contributed by atoms with Crippen LogP contribution in [0, 0.1) is 23.0 Å². The number of nitrogens with one attached hydrogen (secondary N) is 1. The van der Waals surface area contributed by atoms with Crippen LogP contribution in [0.25, 0.3) is 0 Å². The Balaban J connectivity index is 1.93. The van der Waals surface area contributed by atoms with Gasteiger partial charge in [0.25, 0.3) is 0 Å². The van der Waals surface area contributed by atoms with Crippen molar-refractivity contribution in [2.75, 3.05) is 38.7 Å². The predicted octanol–water partition coefficient (Wildman–Crippen LogP) is 2.36. The fourth-order valence-electron chi connectivity index (χ4n) is 2.50. The molecule has 1 fully saturated rings. The van der Waals surface area contributed by atoms with E-state index in [9.17, 15) is 8.78 Å². The zero-order chi connectivity index (χ0) is 15.2. The van der Waals surface area contributed by atoms with Gasteiger partial charge in [-0.05, 0) is 25.0 Å². The smallest absolute Gasteiger partial charge is 0.150 e. The number of benzene rings is 1. The van der Waals surface area contributed by atoms with Gasteiger partial charge in [0.1, 0.15) is 5.69 Å². The number of piperidine rings is 1. The van der Waals surface area contributed by atoms with Crippen LogP contribution in [0.1, 0.15) is 18.4 Å². The number of methoxy groups -OCH3 is 1. The van der Waals surface area contributed by atoms with E-state index >= 15 is 0 Å². The highest BCUT2D eigenvalue weighted by Gasteiger charge is 2.21. The quantitative estimate of drug-likeness (QED) is 0.906. The normalized spacial score (nSPS) is 16.7. The lowest BCUT2D eigenvalue weighted by molar-refractivity contribution is 0.132. The number of rotatable bonds is 5. The van der Waals surface area contributed by atoms with Gasteiger partial charge in [0.05, 0.1) is 18.2 Å². The Morgan fingerprint density at radius 3 is 2.48 bits per heavy atom. The van der Waals surface area contributed by atoms with Crippen LogP contribution in [0.3, 0.4) is 0 Å². The molecule has 1 aromatic carbocycles. The van der Waals surface area contributed by atoms with E-state index in [1.54, 1.807) is 13.2 Å². The summed E-state index contributed by atoms with van der Waals surface area (Å²) >= 11 is 0. The van der Waals surface area contributed by atoms with Crippen LogP contribution in [0.4, 0.5) is 14.5 Å². The Hall–Kier alpha value is -1.71. The first-order chi connectivity index (χ1) is 10.1. The summed E-state index contributed by atoms with van der Waals surface area (Å²) < 4.78 is 32.7. The van der Waals surface area contributed by atoms with Gasteiger partial charge in [-0.2, -0.15) is 5.26 Å². The molecule has 1 aliphatic heterocycles. The summed E-state index contributed by atoms with van der Waals surface area (Å²) in [5.41, 5.74) is -0.144. The summed E-state index contributed by atoms with van der Waals surface area (Å²) in [6, 6.07) is 3.89. The van der Waals surface area contributed by atoms with Gasteiger partial charge in [-0.15, -0.1) is 0 Å². The molecule has 1 N–H and O–H groups in total. The first-order valence-corrected chi connectivity index (χ1v) is 7.01. The highest BCUT2D eigenvalue weighted by molar-refractivity contribution is 5.51. The molecule has 0 bridgehead atoms. The number of hydrogen-bond donors (Lipinski definition) is 1. The number of likely N-dealkylation sites (tertiary alicyclic amines) is 1. The third-order valence-electron chi connectivity index (χ3n) is 3.72. The summed E-state index contributed by atoms with van der Waals surface area (Å²) in [6.07, 6.45) is 1.64. The molecule has 0 atom stereocenters. The zero-order valence-corrected chi connectivity index (χ0v) is 12.0. The summed E-state index contributed by atoms with van der Waals surface area (Å²) in [5, 5.41) is 11.6. The second-order valence-corrected chi connectivity index (χ2v) is 5.18. The van der Waals surface area contributed by atoms with Gasteiger partial charge >= 0.3 is 0 Å². The van der Waals surface area contributed by atoms with Crippen LogP contribution in [0.2, 0.25) is 0 Å². The molecule has 0 unspecified atom stereocenters. The summed E-state index contributed by atoms with van der Waals surface area (Å²) in [6.45, 7) is 3.32. The monoisotopic (exact) mass is 295 g/mol. The Morgan fingerprint density at radius 2 is 1.95 bits per heavy atom. The van der Waals surface area contributed by atoms with E-state index in [0.29, 0.717) is 6.61 Å². The van der Waals surface area contributed by atoms with Crippen molar-refractivity contribution in [3.63, 3.8) is 0 Å². The first-order valence-electron chi connectivity index (χ1n) is 7.01. The fourth-order valence-corrected chi connectivity index (χ4v) is 2.50. The van der Waals surface area contributed by atoms with Crippen LogP contribution >= 0.6 is 0 Å². The molecule has 1 aromatic rings. The Bertz CT molecular complexity index is 499. The third kappa shape index (κ3) is 4.13. The lowest BCUT2D eigenvalue weighted by Gasteiger charge is -2.32. The van der Waals surface area contributed by atoms with Crippen molar-refractivity contribution in [3.05, 3.63) is 29.3 Å². The van der Waals surface area contributed by atoms with E-state index in [4.69, 9.17) is 10.00 Å². The van der Waals surface area contributed by atoms with Crippen LogP contribution in [-0.4, -0.2) is 44.3 Å². The summed E-state index contributed by atoms with van der Waals surface area (Å²) in [5.74, 6) is -1.43. The van der Waals surface area contributed by atoms with E-state index in [0.717, 1.165) is 44.6 Å². The van der Waals surface area contributed by atoms with Crippen molar-refractivity contribution in [3.8, 4) is 6.07 Å². The lowest BCUT2D eigenvalue weighted by Crippen LogP contribution is -2.40. The molecule has 1 saturated heterocycles. The topological polar surface area (TPSA) is 48.3 Å². The minimum absolute atomic E-state index is 0.00932. The minimum atomic E-state index is -0.714. The third-order valence-corrected chi connectivity index (χ3v) is 3.72. The number of hydrogen-bond acceptors (Lipinski definition) is 4. The maximum absolute atomic E-state index is 13.8. The van der Waals surface area contributed by atoms with E-state index in [2.05, 4.69) is 10.2 Å². The maximum atomic E-state index is 13.8. The van der Waals surface area contributed by atoms with Crippen molar-refractivity contribution in [2.45, 2.75) is 18.9 Å². The molecule has 0 spiro atoms. The van der Waals surface area contributed by atoms with E-state index in [1.807, 2.05) is 0 Å². The largest absolute Gasteiger partial charge is 0.383 e. The molecule has 114 valence electrons. The second kappa shape index (κ2) is 7.34. The predicted molar refractivity (Wildman–Crippen MR) is 76.0 cm³/mol. The molecule has 2 rings (SSSR count). The molecule has 4 nitrogen and oxygen atoms in total. The van der Waals surface area contributed by atoms with Crippen LogP contribution in [0.15, 0.2) is 12.1 Å². The summed E-state index contributed by atoms with van der Waals surface area (Å²) in [7, 11) is 1.67. The molecular formula is C15H19F2N3O. The van der Waals surface area contributed by atoms with Crippen molar-refractivity contribution < 1.29 is 13.5 Å². The molecule has 1 aliphatic rings. The van der Waals surface area contributed by atoms with E-state index < -0.39 is 11.6 Å². The van der Waals surface area contributed by atoms with Gasteiger partial charge in [0.15, 0.2) is 11.6 Å². The zero-order valence-electron chi connectivity index (χ0n) is 12.0. The van der Waals surface area contributed by atoms with Gasteiger partial charge in [-0.25, -0.2) is 8.78 Å². The summed E-state index contributed by atoms with van der Waals surface area (Å²) in [4.78, 5) is 2.27. The molecule has 1 heterocycles. The van der Waals surface area contributed by atoms with Crippen LogP contribution in [-0.2, 0) is 4.74 Å². The van der Waals surface area contributed by atoms with Gasteiger partial charge in [0.2, 0.25) is 0 Å². The molecule has 0 amide bonds. The molecular weight excluding hydrogens is 276 g/mol. The van der Waals surface area contributed by atoms with Crippen molar-refractivity contribution >= 4 is 5.69 Å².